The molecule has 3 rings (SSSR count). The summed E-state index contributed by atoms with van der Waals surface area (Å²) in [6.45, 7) is 8.06. The molecule has 0 saturated heterocycles. The van der Waals surface area contributed by atoms with Gasteiger partial charge in [-0.25, -0.2) is 4.98 Å². The summed E-state index contributed by atoms with van der Waals surface area (Å²) in [6, 6.07) is 1.29. The molecule has 2 saturated carbocycles. The molecule has 106 valence electrons. The lowest BCUT2D eigenvalue weighted by atomic mass is 9.85. The van der Waals surface area contributed by atoms with E-state index in [1.807, 2.05) is 12.5 Å². The summed E-state index contributed by atoms with van der Waals surface area (Å²) >= 11 is 0. The maximum atomic E-state index is 4.17. The van der Waals surface area contributed by atoms with Crippen molar-refractivity contribution in [2.24, 2.45) is 17.3 Å². The highest BCUT2D eigenvalue weighted by Crippen LogP contribution is 2.45. The molecule has 2 fully saturated rings. The third kappa shape index (κ3) is 3.38. The van der Waals surface area contributed by atoms with E-state index in [2.05, 4.69) is 41.8 Å². The molecule has 1 N–H and O–H groups in total. The van der Waals surface area contributed by atoms with Crippen LogP contribution < -0.4 is 5.32 Å². The first-order valence-electron chi connectivity index (χ1n) is 7.76. The van der Waals surface area contributed by atoms with E-state index in [1.165, 1.54) is 25.7 Å². The van der Waals surface area contributed by atoms with E-state index in [0.29, 0.717) is 6.04 Å². The molecule has 0 spiro atoms. The number of rotatable bonds is 6. The van der Waals surface area contributed by atoms with E-state index in [4.69, 9.17) is 0 Å². The number of imidazole rings is 1. The maximum absolute atomic E-state index is 4.17. The zero-order valence-corrected chi connectivity index (χ0v) is 12.5. The molecule has 0 radical (unpaired) electrons. The second kappa shape index (κ2) is 4.93. The molecule has 2 aliphatic carbocycles. The van der Waals surface area contributed by atoms with Gasteiger partial charge in [-0.2, -0.15) is 0 Å². The molecule has 1 aromatic rings. The average molecular weight is 261 g/mol. The first-order valence-corrected chi connectivity index (χ1v) is 7.76. The molecule has 1 unspecified atom stereocenters. The van der Waals surface area contributed by atoms with Crippen LogP contribution in [-0.2, 0) is 6.54 Å². The zero-order valence-electron chi connectivity index (χ0n) is 12.5. The summed E-state index contributed by atoms with van der Waals surface area (Å²) in [4.78, 5) is 4.17. The van der Waals surface area contributed by atoms with Crippen molar-refractivity contribution in [2.45, 2.75) is 65.1 Å². The second-order valence-electron chi connectivity index (χ2n) is 7.55. The van der Waals surface area contributed by atoms with Crippen LogP contribution >= 0.6 is 0 Å². The summed E-state index contributed by atoms with van der Waals surface area (Å²) in [7, 11) is 0. The Bertz CT molecular complexity index is 384. The predicted molar refractivity (Wildman–Crippen MR) is 77.8 cm³/mol. The molecular weight excluding hydrogens is 234 g/mol. The van der Waals surface area contributed by atoms with Gasteiger partial charge >= 0.3 is 0 Å². The van der Waals surface area contributed by atoms with E-state index in [-0.39, 0.29) is 5.41 Å². The fourth-order valence-electron chi connectivity index (χ4n) is 2.98. The number of hydrogen-bond acceptors (Lipinski definition) is 2. The van der Waals surface area contributed by atoms with Crippen molar-refractivity contribution < 1.29 is 0 Å². The summed E-state index contributed by atoms with van der Waals surface area (Å²) in [5, 5.41) is 4.01. The first-order chi connectivity index (χ1) is 9.04. The zero-order chi connectivity index (χ0) is 13.5. The fourth-order valence-corrected chi connectivity index (χ4v) is 2.98. The van der Waals surface area contributed by atoms with Crippen LogP contribution in [0.2, 0.25) is 0 Å². The Hall–Kier alpha value is -0.830. The molecule has 1 atom stereocenters. The lowest BCUT2D eigenvalue weighted by molar-refractivity contribution is 0.205. The molecular formula is C16H27N3. The second-order valence-corrected chi connectivity index (χ2v) is 7.55. The highest BCUT2D eigenvalue weighted by molar-refractivity contribution is 4.99. The number of nitrogens with zero attached hydrogens (tertiary/aromatic N) is 2. The standard InChI is InChI=1S/C16H27N3/c1-16(2,3)14(10-19-9-8-17-11-19)18-15(12-4-5-12)13-6-7-13/h8-9,11-15,18H,4-7,10H2,1-3H3. The van der Waals surface area contributed by atoms with Crippen molar-refractivity contribution in [1.82, 2.24) is 14.9 Å². The Morgan fingerprint density at radius 1 is 1.21 bits per heavy atom. The number of nitrogens with one attached hydrogen (secondary N) is 1. The van der Waals surface area contributed by atoms with Crippen molar-refractivity contribution in [3.05, 3.63) is 18.7 Å². The molecule has 1 heterocycles. The van der Waals surface area contributed by atoms with Gasteiger partial charge < -0.3 is 9.88 Å². The van der Waals surface area contributed by atoms with Gasteiger partial charge in [0.25, 0.3) is 0 Å². The highest BCUT2D eigenvalue weighted by atomic mass is 15.1. The predicted octanol–water partition coefficient (Wildman–Crippen LogP) is 3.08. The fraction of sp³-hybridized carbons (Fsp3) is 0.812. The van der Waals surface area contributed by atoms with Crippen LogP contribution in [0.3, 0.4) is 0 Å². The van der Waals surface area contributed by atoms with Crippen LogP contribution in [0.15, 0.2) is 18.7 Å². The van der Waals surface area contributed by atoms with Crippen molar-refractivity contribution in [3.8, 4) is 0 Å². The van der Waals surface area contributed by atoms with Crippen molar-refractivity contribution in [1.29, 1.82) is 0 Å². The monoisotopic (exact) mass is 261 g/mol. The quantitative estimate of drug-likeness (QED) is 0.853. The van der Waals surface area contributed by atoms with Gasteiger partial charge in [0, 0.05) is 31.0 Å². The van der Waals surface area contributed by atoms with Gasteiger partial charge in [0.1, 0.15) is 0 Å². The molecule has 3 nitrogen and oxygen atoms in total. The molecule has 3 heteroatoms. The van der Waals surface area contributed by atoms with E-state index < -0.39 is 0 Å². The van der Waals surface area contributed by atoms with E-state index in [9.17, 15) is 0 Å². The van der Waals surface area contributed by atoms with Crippen LogP contribution in [0.5, 0.6) is 0 Å². The number of hydrogen-bond donors (Lipinski definition) is 1. The Kier molecular flexibility index (Phi) is 3.42. The van der Waals surface area contributed by atoms with Gasteiger partial charge in [-0.15, -0.1) is 0 Å². The van der Waals surface area contributed by atoms with E-state index in [0.717, 1.165) is 24.4 Å². The Morgan fingerprint density at radius 2 is 1.84 bits per heavy atom. The topological polar surface area (TPSA) is 29.9 Å². The summed E-state index contributed by atoms with van der Waals surface area (Å²) in [5.41, 5.74) is 0.284. The van der Waals surface area contributed by atoms with Crippen molar-refractivity contribution in [2.75, 3.05) is 0 Å². The summed E-state index contributed by atoms with van der Waals surface area (Å²) in [5.74, 6) is 1.92. The van der Waals surface area contributed by atoms with Gasteiger partial charge in [-0.1, -0.05) is 20.8 Å². The maximum Gasteiger partial charge on any atom is 0.0946 e. The summed E-state index contributed by atoms with van der Waals surface area (Å²) < 4.78 is 2.21. The first kappa shape index (κ1) is 13.2. The van der Waals surface area contributed by atoms with Crippen LogP contribution in [0.25, 0.3) is 0 Å². The highest BCUT2D eigenvalue weighted by Gasteiger charge is 2.43. The van der Waals surface area contributed by atoms with Crippen LogP contribution in [0.1, 0.15) is 46.5 Å². The molecule has 19 heavy (non-hydrogen) atoms. The summed E-state index contributed by atoms with van der Waals surface area (Å²) in [6.07, 6.45) is 11.6. The van der Waals surface area contributed by atoms with Gasteiger partial charge in [-0.05, 0) is 42.9 Å². The molecule has 0 aliphatic heterocycles. The largest absolute Gasteiger partial charge is 0.336 e. The normalized spacial score (nSPS) is 21.9. The lowest BCUT2D eigenvalue weighted by Gasteiger charge is -2.35. The van der Waals surface area contributed by atoms with Gasteiger partial charge in [-0.3, -0.25) is 0 Å². The van der Waals surface area contributed by atoms with Crippen LogP contribution in [0.4, 0.5) is 0 Å². The minimum atomic E-state index is 0.284. The van der Waals surface area contributed by atoms with Crippen molar-refractivity contribution >= 4 is 0 Å². The van der Waals surface area contributed by atoms with Gasteiger partial charge in [0.05, 0.1) is 6.33 Å². The average Bonchev–Trinajstić information content (AvgIpc) is 3.24. The van der Waals surface area contributed by atoms with Crippen LogP contribution in [0, 0.1) is 17.3 Å². The van der Waals surface area contributed by atoms with Gasteiger partial charge in [0.15, 0.2) is 0 Å². The smallest absolute Gasteiger partial charge is 0.0946 e. The Balaban J connectivity index is 1.67. The molecule has 0 aromatic carbocycles. The third-order valence-corrected chi connectivity index (χ3v) is 4.65. The van der Waals surface area contributed by atoms with Crippen molar-refractivity contribution in [3.63, 3.8) is 0 Å². The van der Waals surface area contributed by atoms with Gasteiger partial charge in [0.2, 0.25) is 0 Å². The lowest BCUT2D eigenvalue weighted by Crippen LogP contribution is -2.49. The molecule has 2 aliphatic rings. The third-order valence-electron chi connectivity index (χ3n) is 4.65. The molecule has 1 aromatic heterocycles. The van der Waals surface area contributed by atoms with E-state index in [1.54, 1.807) is 0 Å². The Labute approximate surface area is 116 Å². The molecule has 0 amide bonds. The SMILES string of the molecule is CC(C)(C)C(Cn1ccnc1)NC(C1CC1)C1CC1. The minimum Gasteiger partial charge on any atom is -0.336 e. The Morgan fingerprint density at radius 3 is 2.26 bits per heavy atom. The minimum absolute atomic E-state index is 0.284. The van der Waals surface area contributed by atoms with Crippen LogP contribution in [-0.4, -0.2) is 21.6 Å². The molecule has 0 bridgehead atoms. The van der Waals surface area contributed by atoms with E-state index >= 15 is 0 Å². The number of aromatic nitrogens is 2.